The van der Waals surface area contributed by atoms with E-state index in [1.54, 1.807) is 4.68 Å². The van der Waals surface area contributed by atoms with Gasteiger partial charge in [0, 0.05) is 31.4 Å². The van der Waals surface area contributed by atoms with E-state index in [9.17, 15) is 9.90 Å². The van der Waals surface area contributed by atoms with E-state index in [1.165, 1.54) is 12.3 Å². The van der Waals surface area contributed by atoms with Crippen molar-refractivity contribution in [3.63, 3.8) is 0 Å². The molecular formula is C23H20N6O2. The Balaban J connectivity index is 1.69. The van der Waals surface area contributed by atoms with Crippen LogP contribution >= 0.6 is 0 Å². The molecule has 0 aliphatic heterocycles. The Bertz CT molecular complexity index is 1470. The molecule has 31 heavy (non-hydrogen) atoms. The molecule has 0 saturated heterocycles. The van der Waals surface area contributed by atoms with E-state index in [2.05, 4.69) is 15.0 Å². The van der Waals surface area contributed by atoms with Crippen molar-refractivity contribution in [2.24, 2.45) is 7.05 Å². The molecule has 2 N–H and O–H groups in total. The third-order valence-electron chi connectivity index (χ3n) is 5.43. The monoisotopic (exact) mass is 412 g/mol. The number of carboxylic acids is 1. The summed E-state index contributed by atoms with van der Waals surface area (Å²) in [6, 6.07) is 15.3. The van der Waals surface area contributed by atoms with Gasteiger partial charge >= 0.3 is 5.97 Å². The molecule has 4 heterocycles. The molecule has 0 fully saturated rings. The van der Waals surface area contributed by atoms with Crippen molar-refractivity contribution in [3.8, 4) is 11.4 Å². The Kier molecular flexibility index (Phi) is 4.21. The van der Waals surface area contributed by atoms with Crippen LogP contribution in [0.1, 0.15) is 16.1 Å². The molecule has 4 aromatic heterocycles. The minimum atomic E-state index is -0.995. The second-order valence-electron chi connectivity index (χ2n) is 7.45. The van der Waals surface area contributed by atoms with Crippen molar-refractivity contribution < 1.29 is 9.90 Å². The van der Waals surface area contributed by atoms with E-state index in [0.717, 1.165) is 39.5 Å². The van der Waals surface area contributed by atoms with Crippen LogP contribution in [0, 0.1) is 6.92 Å². The number of aryl methyl sites for hydroxylation is 2. The largest absolute Gasteiger partial charge is 0.478 e. The Morgan fingerprint density at radius 3 is 2.74 bits per heavy atom. The number of anilines is 2. The highest BCUT2D eigenvalue weighted by Crippen LogP contribution is 2.36. The molecule has 8 nitrogen and oxygen atoms in total. The number of aromatic amines is 1. The number of carboxylic acid groups (broad SMARTS) is 1. The Hall–Kier alpha value is -4.20. The third kappa shape index (κ3) is 3.00. The van der Waals surface area contributed by atoms with E-state index >= 15 is 0 Å². The lowest BCUT2D eigenvalue weighted by molar-refractivity contribution is 0.0698. The smallest absolute Gasteiger partial charge is 0.337 e. The summed E-state index contributed by atoms with van der Waals surface area (Å²) in [5.74, 6) is -0.161. The summed E-state index contributed by atoms with van der Waals surface area (Å²) in [6.07, 6.45) is 1.51. The van der Waals surface area contributed by atoms with Crippen LogP contribution in [0.25, 0.3) is 33.3 Å². The van der Waals surface area contributed by atoms with Gasteiger partial charge in [-0.25, -0.2) is 9.78 Å². The molecule has 0 aliphatic rings. The first-order chi connectivity index (χ1) is 14.9. The number of aromatic carboxylic acids is 1. The van der Waals surface area contributed by atoms with Crippen molar-refractivity contribution in [3.05, 3.63) is 66.0 Å². The van der Waals surface area contributed by atoms with Gasteiger partial charge in [0.2, 0.25) is 0 Å². The van der Waals surface area contributed by atoms with Crippen molar-refractivity contribution in [2.75, 3.05) is 11.9 Å². The maximum atomic E-state index is 11.6. The van der Waals surface area contributed by atoms with E-state index in [1.807, 2.05) is 68.4 Å². The standard InChI is InChI=1S/C23H20N6O2/c1-13-6-4-9-19(25-13)28(2)18-8-5-7-14-21(18)27-29(3)22(14)17-12-16-20(26-17)15(23(30)31)10-11-24-16/h4-12,26H,1-3H3,(H,30,31). The molecule has 0 aliphatic carbocycles. The summed E-state index contributed by atoms with van der Waals surface area (Å²) >= 11 is 0. The maximum Gasteiger partial charge on any atom is 0.337 e. The molecule has 1 aromatic carbocycles. The molecule has 0 bridgehead atoms. The highest BCUT2D eigenvalue weighted by atomic mass is 16.4. The van der Waals surface area contributed by atoms with Gasteiger partial charge in [-0.1, -0.05) is 18.2 Å². The molecule has 5 aromatic rings. The maximum absolute atomic E-state index is 11.6. The zero-order valence-corrected chi connectivity index (χ0v) is 17.3. The summed E-state index contributed by atoms with van der Waals surface area (Å²) in [5.41, 5.74) is 5.60. The lowest BCUT2D eigenvalue weighted by Gasteiger charge is -2.19. The van der Waals surface area contributed by atoms with E-state index in [-0.39, 0.29) is 5.56 Å². The van der Waals surface area contributed by atoms with Crippen molar-refractivity contribution in [2.45, 2.75) is 6.92 Å². The molecule has 5 rings (SSSR count). The number of pyridine rings is 2. The molecular weight excluding hydrogens is 392 g/mol. The van der Waals surface area contributed by atoms with E-state index < -0.39 is 5.97 Å². The molecule has 0 atom stereocenters. The second kappa shape index (κ2) is 6.94. The van der Waals surface area contributed by atoms with Gasteiger partial charge in [-0.15, -0.1) is 0 Å². The quantitative estimate of drug-likeness (QED) is 0.457. The number of nitrogens with zero attached hydrogens (tertiary/aromatic N) is 5. The molecule has 154 valence electrons. The topological polar surface area (TPSA) is 99.9 Å². The molecule has 0 spiro atoms. The summed E-state index contributed by atoms with van der Waals surface area (Å²) in [6.45, 7) is 1.96. The van der Waals surface area contributed by atoms with Crippen LogP contribution in [-0.4, -0.2) is 42.9 Å². The number of hydrogen-bond acceptors (Lipinski definition) is 5. The van der Waals surface area contributed by atoms with Crippen LogP contribution in [-0.2, 0) is 7.05 Å². The normalized spacial score (nSPS) is 11.3. The Morgan fingerprint density at radius 2 is 1.97 bits per heavy atom. The van der Waals surface area contributed by atoms with Gasteiger partial charge in [-0.05, 0) is 37.3 Å². The molecule has 0 amide bonds. The number of carbonyl (C=O) groups is 1. The first-order valence-corrected chi connectivity index (χ1v) is 9.78. The van der Waals surface area contributed by atoms with Gasteiger partial charge in [0.25, 0.3) is 0 Å². The molecule has 8 heteroatoms. The summed E-state index contributed by atoms with van der Waals surface area (Å²) in [7, 11) is 3.85. The van der Waals surface area contributed by atoms with Crippen molar-refractivity contribution >= 4 is 39.4 Å². The zero-order chi connectivity index (χ0) is 21.7. The fraction of sp³-hybridized carbons (Fsp3) is 0.130. The second-order valence-corrected chi connectivity index (χ2v) is 7.45. The SMILES string of the molecule is Cc1cccc(N(C)c2cccc3c(-c4cc5nccc(C(=O)O)c5[nH]4)n(C)nc23)n1. The number of rotatable bonds is 4. The number of hydrogen-bond donors (Lipinski definition) is 2. The summed E-state index contributed by atoms with van der Waals surface area (Å²) < 4.78 is 1.80. The van der Waals surface area contributed by atoms with E-state index in [0.29, 0.717) is 11.0 Å². The molecule has 0 unspecified atom stereocenters. The Labute approximate surface area is 177 Å². The lowest BCUT2D eigenvalue weighted by atomic mass is 10.1. The predicted octanol–water partition coefficient (Wildman–Crippen LogP) is 4.29. The summed E-state index contributed by atoms with van der Waals surface area (Å²) in [4.78, 5) is 25.8. The lowest BCUT2D eigenvalue weighted by Crippen LogP contribution is -2.12. The summed E-state index contributed by atoms with van der Waals surface area (Å²) in [5, 5.41) is 15.2. The van der Waals surface area contributed by atoms with Crippen molar-refractivity contribution in [1.82, 2.24) is 24.7 Å². The number of benzene rings is 1. The first kappa shape index (κ1) is 18.8. The van der Waals surface area contributed by atoms with Gasteiger partial charge in [-0.2, -0.15) is 5.10 Å². The highest BCUT2D eigenvalue weighted by Gasteiger charge is 2.20. The van der Waals surface area contributed by atoms with Gasteiger partial charge in [0.05, 0.1) is 33.7 Å². The fourth-order valence-corrected chi connectivity index (χ4v) is 3.96. The fourth-order valence-electron chi connectivity index (χ4n) is 3.96. The number of nitrogens with one attached hydrogen (secondary N) is 1. The average Bonchev–Trinajstić information content (AvgIpc) is 3.32. The zero-order valence-electron chi connectivity index (χ0n) is 17.3. The number of H-pyrrole nitrogens is 1. The average molecular weight is 412 g/mol. The van der Waals surface area contributed by atoms with Gasteiger partial charge < -0.3 is 15.0 Å². The molecule has 0 saturated carbocycles. The Morgan fingerprint density at radius 1 is 1.16 bits per heavy atom. The van der Waals surface area contributed by atoms with Crippen LogP contribution < -0.4 is 4.90 Å². The van der Waals surface area contributed by atoms with Gasteiger partial charge in [0.15, 0.2) is 0 Å². The minimum absolute atomic E-state index is 0.189. The predicted molar refractivity (Wildman–Crippen MR) is 120 cm³/mol. The van der Waals surface area contributed by atoms with Crippen LogP contribution in [0.4, 0.5) is 11.5 Å². The van der Waals surface area contributed by atoms with Crippen LogP contribution in [0.2, 0.25) is 0 Å². The third-order valence-corrected chi connectivity index (χ3v) is 5.43. The van der Waals surface area contributed by atoms with Crippen LogP contribution in [0.15, 0.2) is 54.7 Å². The van der Waals surface area contributed by atoms with Crippen LogP contribution in [0.5, 0.6) is 0 Å². The van der Waals surface area contributed by atoms with Gasteiger partial charge in [-0.3, -0.25) is 9.67 Å². The van der Waals surface area contributed by atoms with Crippen molar-refractivity contribution in [1.29, 1.82) is 0 Å². The number of aromatic nitrogens is 5. The first-order valence-electron chi connectivity index (χ1n) is 9.78. The van der Waals surface area contributed by atoms with Crippen LogP contribution in [0.3, 0.4) is 0 Å². The van der Waals surface area contributed by atoms with Gasteiger partial charge in [0.1, 0.15) is 11.3 Å². The number of fused-ring (bicyclic) bond motifs is 2. The van der Waals surface area contributed by atoms with E-state index in [4.69, 9.17) is 5.10 Å². The molecule has 0 radical (unpaired) electrons. The minimum Gasteiger partial charge on any atom is -0.478 e. The highest BCUT2D eigenvalue weighted by molar-refractivity contribution is 6.05.